The van der Waals surface area contributed by atoms with E-state index in [0.29, 0.717) is 6.42 Å². The molecule has 0 aromatic carbocycles. The molecule has 7 nitrogen and oxygen atoms in total. The fourth-order valence-corrected chi connectivity index (χ4v) is 4.16. The van der Waals surface area contributed by atoms with Crippen LogP contribution < -0.4 is 5.32 Å². The zero-order valence-electron chi connectivity index (χ0n) is 20.9. The Bertz CT molecular complexity index is 764. The molecular weight excluding hydrogens is 406 g/mol. The Hall–Kier alpha value is -2.33. The Morgan fingerprint density at radius 2 is 1.78 bits per heavy atom. The van der Waals surface area contributed by atoms with Crippen molar-refractivity contribution in [2.24, 2.45) is 11.8 Å². The van der Waals surface area contributed by atoms with Gasteiger partial charge in [0, 0.05) is 19.2 Å². The number of aliphatic carboxylic acids is 1. The number of carboxylic acid groups (broad SMARTS) is 1. The number of amides is 2. The van der Waals surface area contributed by atoms with Crippen molar-refractivity contribution >= 4 is 17.8 Å². The molecule has 0 aliphatic carbocycles. The Kier molecular flexibility index (Phi) is 9.96. The maximum atomic E-state index is 13.4. The van der Waals surface area contributed by atoms with Crippen molar-refractivity contribution in [2.45, 2.75) is 91.4 Å². The van der Waals surface area contributed by atoms with Gasteiger partial charge in [-0.25, -0.2) is 4.79 Å². The lowest BCUT2D eigenvalue weighted by molar-refractivity contribution is -0.140. The Morgan fingerprint density at radius 3 is 2.25 bits per heavy atom. The average Bonchev–Trinajstić information content (AvgIpc) is 2.73. The lowest BCUT2D eigenvalue weighted by Gasteiger charge is -2.43. The van der Waals surface area contributed by atoms with Crippen molar-refractivity contribution in [3.05, 3.63) is 11.6 Å². The van der Waals surface area contributed by atoms with Crippen LogP contribution in [0.3, 0.4) is 0 Å². The molecule has 1 aliphatic heterocycles. The smallest absolute Gasteiger partial charge is 0.331 e. The van der Waals surface area contributed by atoms with E-state index in [9.17, 15) is 19.5 Å². The molecule has 0 bridgehead atoms. The maximum Gasteiger partial charge on any atom is 0.331 e. The molecule has 180 valence electrons. The topological polar surface area (TPSA) is 90.0 Å². The van der Waals surface area contributed by atoms with Crippen LogP contribution in [0.25, 0.3) is 0 Å². The summed E-state index contributed by atoms with van der Waals surface area (Å²) in [6.45, 7) is 13.8. The minimum absolute atomic E-state index is 0.00651. The Labute approximate surface area is 193 Å². The lowest BCUT2D eigenvalue weighted by atomic mass is 9.92. The number of carbonyl (C=O) groups is 3. The second-order valence-corrected chi connectivity index (χ2v) is 9.98. The third-order valence-electron chi connectivity index (χ3n) is 6.34. The van der Waals surface area contributed by atoms with Crippen molar-refractivity contribution in [3.63, 3.8) is 0 Å². The number of nitrogens with zero attached hydrogens (tertiary/aromatic N) is 2. The molecule has 32 heavy (non-hydrogen) atoms. The zero-order valence-corrected chi connectivity index (χ0v) is 20.9. The number of likely N-dealkylation sites (N-methyl/N-ethyl adjacent to an activating group) is 1. The van der Waals surface area contributed by atoms with Crippen molar-refractivity contribution < 1.29 is 19.5 Å². The fourth-order valence-electron chi connectivity index (χ4n) is 4.16. The summed E-state index contributed by atoms with van der Waals surface area (Å²) in [5.74, 6) is 1.22. The Balaban J connectivity index is 3.13. The number of piperidine rings is 1. The second-order valence-electron chi connectivity index (χ2n) is 9.98. The molecule has 3 atom stereocenters. The van der Waals surface area contributed by atoms with Crippen molar-refractivity contribution in [2.75, 3.05) is 13.6 Å². The van der Waals surface area contributed by atoms with E-state index >= 15 is 0 Å². The minimum Gasteiger partial charge on any atom is -0.478 e. The molecule has 1 rings (SSSR count). The van der Waals surface area contributed by atoms with Crippen LogP contribution in [0, 0.1) is 24.2 Å². The van der Waals surface area contributed by atoms with Crippen LogP contribution in [-0.4, -0.2) is 69.9 Å². The van der Waals surface area contributed by atoms with Gasteiger partial charge in [0.1, 0.15) is 6.04 Å². The van der Waals surface area contributed by atoms with Crippen LogP contribution >= 0.6 is 0 Å². The van der Waals surface area contributed by atoms with E-state index < -0.39 is 23.6 Å². The van der Waals surface area contributed by atoms with Gasteiger partial charge in [0.2, 0.25) is 11.8 Å². The van der Waals surface area contributed by atoms with Gasteiger partial charge < -0.3 is 15.3 Å². The van der Waals surface area contributed by atoms with Gasteiger partial charge in [-0.1, -0.05) is 46.1 Å². The summed E-state index contributed by atoms with van der Waals surface area (Å²) in [4.78, 5) is 41.6. The number of hydrogen-bond donors (Lipinski definition) is 2. The van der Waals surface area contributed by atoms with E-state index in [1.54, 1.807) is 18.0 Å². The van der Waals surface area contributed by atoms with Crippen LogP contribution in [0.2, 0.25) is 0 Å². The summed E-state index contributed by atoms with van der Waals surface area (Å²) in [5.41, 5.74) is -0.374. The van der Waals surface area contributed by atoms with Gasteiger partial charge in [0.05, 0.1) is 17.6 Å². The van der Waals surface area contributed by atoms with Gasteiger partial charge in [-0.15, -0.1) is 6.42 Å². The van der Waals surface area contributed by atoms with Gasteiger partial charge in [-0.2, -0.15) is 0 Å². The monoisotopic (exact) mass is 447 g/mol. The highest BCUT2D eigenvalue weighted by Crippen LogP contribution is 2.26. The first-order valence-electron chi connectivity index (χ1n) is 11.5. The third kappa shape index (κ3) is 6.83. The molecule has 0 aromatic heterocycles. The van der Waals surface area contributed by atoms with Crippen LogP contribution in [0.4, 0.5) is 0 Å². The van der Waals surface area contributed by atoms with E-state index in [2.05, 4.69) is 11.2 Å². The highest BCUT2D eigenvalue weighted by atomic mass is 16.4. The SMILES string of the molecule is C#CC(C)(C)N1CCCC[C@@H]1C(=O)NC(C(=O)N(C)[C@H](/C=C(\C)C(=O)O)C(C)C)C(C)C. The molecule has 1 aliphatic rings. The molecule has 2 amide bonds. The number of terminal acetylenes is 1. The largest absolute Gasteiger partial charge is 0.478 e. The normalized spacial score (nSPS) is 19.9. The van der Waals surface area contributed by atoms with Crippen LogP contribution in [-0.2, 0) is 14.4 Å². The summed E-state index contributed by atoms with van der Waals surface area (Å²) in [5, 5.41) is 12.2. The number of rotatable bonds is 9. The number of carbonyl (C=O) groups excluding carboxylic acids is 2. The standard InChI is InChI=1S/C25H41N3O4/c1-10-25(7,8)28-14-12-11-13-19(28)22(29)26-21(17(4)5)23(30)27(9)20(16(2)3)15-18(6)24(31)32/h1,15-17,19-21H,11-14H2,2-9H3,(H,26,29)(H,31,32)/b18-15+/t19-,20-,21?/m1/s1. The molecule has 7 heteroatoms. The predicted molar refractivity (Wildman–Crippen MR) is 127 cm³/mol. The molecular formula is C25H41N3O4. The van der Waals surface area contributed by atoms with E-state index in [1.807, 2.05) is 46.4 Å². The quantitative estimate of drug-likeness (QED) is 0.419. The second kappa shape index (κ2) is 11.5. The number of nitrogens with one attached hydrogen (secondary N) is 1. The summed E-state index contributed by atoms with van der Waals surface area (Å²) < 4.78 is 0. The molecule has 1 unspecified atom stereocenters. The van der Waals surface area contributed by atoms with Gasteiger partial charge in [0.15, 0.2) is 0 Å². The van der Waals surface area contributed by atoms with Crippen LogP contribution in [0.5, 0.6) is 0 Å². The minimum atomic E-state index is -1.02. The van der Waals surface area contributed by atoms with E-state index in [4.69, 9.17) is 6.42 Å². The van der Waals surface area contributed by atoms with Crippen LogP contribution in [0.15, 0.2) is 11.6 Å². The van der Waals surface area contributed by atoms with Crippen molar-refractivity contribution in [3.8, 4) is 12.3 Å². The molecule has 2 N–H and O–H groups in total. The number of likely N-dealkylation sites (tertiary alicyclic amines) is 1. The molecule has 0 saturated carbocycles. The van der Waals surface area contributed by atoms with E-state index in [-0.39, 0.29) is 35.3 Å². The fraction of sp³-hybridized carbons (Fsp3) is 0.720. The Morgan fingerprint density at radius 1 is 1.19 bits per heavy atom. The van der Waals surface area contributed by atoms with Crippen molar-refractivity contribution in [1.29, 1.82) is 0 Å². The first-order valence-corrected chi connectivity index (χ1v) is 11.5. The molecule has 1 heterocycles. The van der Waals surface area contributed by atoms with Gasteiger partial charge >= 0.3 is 5.97 Å². The van der Waals surface area contributed by atoms with Crippen molar-refractivity contribution in [1.82, 2.24) is 15.1 Å². The summed E-state index contributed by atoms with van der Waals surface area (Å²) in [6, 6.07) is -1.50. The molecule has 0 spiro atoms. The lowest BCUT2D eigenvalue weighted by Crippen LogP contribution is -2.61. The molecule has 0 radical (unpaired) electrons. The predicted octanol–water partition coefficient (Wildman–Crippen LogP) is 2.91. The average molecular weight is 448 g/mol. The maximum absolute atomic E-state index is 13.4. The molecule has 1 saturated heterocycles. The summed E-state index contributed by atoms with van der Waals surface area (Å²) in [6.07, 6.45) is 9.94. The molecule has 1 fully saturated rings. The highest BCUT2D eigenvalue weighted by molar-refractivity contribution is 5.90. The number of hydrogen-bond acceptors (Lipinski definition) is 4. The highest BCUT2D eigenvalue weighted by Gasteiger charge is 2.39. The summed E-state index contributed by atoms with van der Waals surface area (Å²) >= 11 is 0. The van der Waals surface area contributed by atoms with E-state index in [1.165, 1.54) is 6.92 Å². The van der Waals surface area contributed by atoms with Gasteiger partial charge in [-0.3, -0.25) is 14.5 Å². The zero-order chi connectivity index (χ0) is 24.8. The summed E-state index contributed by atoms with van der Waals surface area (Å²) in [7, 11) is 1.66. The van der Waals surface area contributed by atoms with Gasteiger partial charge in [-0.05, 0) is 45.4 Å². The first kappa shape index (κ1) is 27.7. The van der Waals surface area contributed by atoms with Crippen LogP contribution in [0.1, 0.15) is 67.7 Å². The van der Waals surface area contributed by atoms with Gasteiger partial charge in [0.25, 0.3) is 0 Å². The third-order valence-corrected chi connectivity index (χ3v) is 6.34. The molecule has 0 aromatic rings. The van der Waals surface area contributed by atoms with E-state index in [0.717, 1.165) is 19.4 Å². The first-order chi connectivity index (χ1) is 14.7. The number of carboxylic acids is 1.